The number of nitrogens with zero attached hydrogens (tertiary/aromatic N) is 2. The van der Waals surface area contributed by atoms with Crippen LogP contribution in [0.25, 0.3) is 0 Å². The highest BCUT2D eigenvalue weighted by Gasteiger charge is 2.28. The molecule has 1 aromatic carbocycles. The van der Waals surface area contributed by atoms with Gasteiger partial charge < -0.3 is 10.2 Å². The number of para-hydroxylation sites is 1. The summed E-state index contributed by atoms with van der Waals surface area (Å²) < 4.78 is 0.618. The predicted molar refractivity (Wildman–Crippen MR) is 77.4 cm³/mol. The van der Waals surface area contributed by atoms with Gasteiger partial charge in [-0.3, -0.25) is 9.28 Å². The highest BCUT2D eigenvalue weighted by Crippen LogP contribution is 2.20. The van der Waals surface area contributed by atoms with Gasteiger partial charge in [0, 0.05) is 12.7 Å². The number of amides is 1. The van der Waals surface area contributed by atoms with E-state index in [1.807, 2.05) is 45.3 Å². The van der Waals surface area contributed by atoms with E-state index in [1.165, 1.54) is 0 Å². The van der Waals surface area contributed by atoms with Crippen molar-refractivity contribution < 1.29 is 9.28 Å². The maximum Gasteiger partial charge on any atom is 0.280 e. The van der Waals surface area contributed by atoms with Crippen LogP contribution in [0.4, 0.5) is 5.69 Å². The zero-order valence-electron chi connectivity index (χ0n) is 12.1. The first-order valence-corrected chi connectivity index (χ1v) is 6.49. The van der Waals surface area contributed by atoms with Gasteiger partial charge in [0.05, 0.1) is 13.2 Å². The van der Waals surface area contributed by atoms with Crippen molar-refractivity contribution in [3.63, 3.8) is 0 Å². The van der Waals surface area contributed by atoms with Gasteiger partial charge in [-0.1, -0.05) is 18.2 Å². The van der Waals surface area contributed by atoms with Crippen molar-refractivity contribution in [1.29, 1.82) is 0 Å². The lowest BCUT2D eigenvalue weighted by atomic mass is 10.1. The van der Waals surface area contributed by atoms with Crippen LogP contribution in [-0.2, 0) is 4.79 Å². The lowest BCUT2D eigenvalue weighted by Crippen LogP contribution is -2.45. The number of benzene rings is 1. The monoisotopic (exact) mass is 260 g/mol. The molecule has 4 nitrogen and oxygen atoms in total. The van der Waals surface area contributed by atoms with Crippen LogP contribution in [0.1, 0.15) is 11.1 Å². The maximum atomic E-state index is 12.2. The SMILES string of the molecule is Cc1cccc(C)c1NC(=O)C[N+]1(C)C=CN(C)C1. The standard InChI is InChI=1S/C15H21N3O/c1-12-6-5-7-13(2)15(12)16-14(19)10-18(4)9-8-17(3)11-18/h5-9H,10-11H2,1-4H3/p+1. The van der Waals surface area contributed by atoms with Crippen LogP contribution in [-0.4, -0.2) is 42.6 Å². The Kier molecular flexibility index (Phi) is 3.62. The van der Waals surface area contributed by atoms with Gasteiger partial charge in [-0.15, -0.1) is 0 Å². The molecule has 0 spiro atoms. The lowest BCUT2D eigenvalue weighted by Gasteiger charge is -2.27. The normalized spacial score (nSPS) is 21.8. The van der Waals surface area contributed by atoms with E-state index >= 15 is 0 Å². The Labute approximate surface area is 114 Å². The minimum absolute atomic E-state index is 0.0554. The van der Waals surface area contributed by atoms with Crippen LogP contribution in [0.15, 0.2) is 30.6 Å². The summed E-state index contributed by atoms with van der Waals surface area (Å²) in [5.74, 6) is 0.0554. The summed E-state index contributed by atoms with van der Waals surface area (Å²) in [5, 5.41) is 3.04. The van der Waals surface area contributed by atoms with Crippen molar-refractivity contribution in [3.8, 4) is 0 Å². The molecule has 4 heteroatoms. The van der Waals surface area contributed by atoms with E-state index in [-0.39, 0.29) is 5.91 Å². The van der Waals surface area contributed by atoms with Crippen molar-refractivity contribution in [1.82, 2.24) is 4.90 Å². The second-order valence-corrected chi connectivity index (χ2v) is 5.65. The first-order valence-electron chi connectivity index (χ1n) is 6.49. The maximum absolute atomic E-state index is 12.2. The molecule has 0 fully saturated rings. The second-order valence-electron chi connectivity index (χ2n) is 5.65. The highest BCUT2D eigenvalue weighted by molar-refractivity contribution is 5.93. The Morgan fingerprint density at radius 2 is 2.00 bits per heavy atom. The first-order chi connectivity index (χ1) is 8.89. The zero-order valence-corrected chi connectivity index (χ0v) is 12.1. The molecule has 1 aliphatic heterocycles. The fourth-order valence-electron chi connectivity index (χ4n) is 2.50. The molecule has 0 saturated heterocycles. The molecule has 1 N–H and O–H groups in total. The van der Waals surface area contributed by atoms with Crippen LogP contribution in [0.2, 0.25) is 0 Å². The molecular weight excluding hydrogens is 238 g/mol. The third-order valence-corrected chi connectivity index (χ3v) is 3.48. The van der Waals surface area contributed by atoms with Gasteiger partial charge in [-0.2, -0.15) is 0 Å². The topological polar surface area (TPSA) is 32.3 Å². The molecule has 0 aliphatic carbocycles. The molecule has 2 rings (SSSR count). The Hall–Kier alpha value is -1.81. The van der Waals surface area contributed by atoms with Gasteiger partial charge in [-0.25, -0.2) is 0 Å². The smallest absolute Gasteiger partial charge is 0.280 e. The van der Waals surface area contributed by atoms with Crippen LogP contribution in [0.3, 0.4) is 0 Å². The van der Waals surface area contributed by atoms with Crippen molar-refractivity contribution in [3.05, 3.63) is 41.7 Å². The van der Waals surface area contributed by atoms with Crippen molar-refractivity contribution >= 4 is 11.6 Å². The van der Waals surface area contributed by atoms with E-state index < -0.39 is 0 Å². The van der Waals surface area contributed by atoms with Gasteiger partial charge in [-0.05, 0) is 25.0 Å². The quantitative estimate of drug-likeness (QED) is 0.844. The third kappa shape index (κ3) is 3.15. The number of quaternary nitrogens is 1. The largest absolute Gasteiger partial charge is 0.329 e. The minimum atomic E-state index is 0.0554. The molecular formula is C15H22N3O+. The molecule has 1 heterocycles. The summed E-state index contributed by atoms with van der Waals surface area (Å²) in [6, 6.07) is 6.04. The number of anilines is 1. The number of carbonyl (C=O) groups is 1. The number of carbonyl (C=O) groups excluding carboxylic acids is 1. The molecule has 0 bridgehead atoms. The average molecular weight is 260 g/mol. The first kappa shape index (κ1) is 13.6. The molecule has 1 aromatic rings. The fraction of sp³-hybridized carbons (Fsp3) is 0.400. The molecule has 1 unspecified atom stereocenters. The van der Waals surface area contributed by atoms with E-state index in [1.54, 1.807) is 0 Å². The number of hydrogen-bond acceptors (Lipinski definition) is 2. The van der Waals surface area contributed by atoms with E-state index in [0.29, 0.717) is 11.0 Å². The molecule has 0 saturated carbocycles. The lowest BCUT2D eigenvalue weighted by molar-refractivity contribution is -0.852. The van der Waals surface area contributed by atoms with E-state index in [4.69, 9.17) is 0 Å². The van der Waals surface area contributed by atoms with Crippen LogP contribution >= 0.6 is 0 Å². The van der Waals surface area contributed by atoms with E-state index in [2.05, 4.69) is 23.5 Å². The number of nitrogens with one attached hydrogen (secondary N) is 1. The average Bonchev–Trinajstić information content (AvgIpc) is 2.63. The van der Waals surface area contributed by atoms with E-state index in [0.717, 1.165) is 23.5 Å². The number of rotatable bonds is 3. The number of likely N-dealkylation sites (N-methyl/N-ethyl adjacent to an activating group) is 1. The fourth-order valence-corrected chi connectivity index (χ4v) is 2.50. The Bertz CT molecular complexity index is 504. The zero-order chi connectivity index (χ0) is 14.0. The molecule has 1 amide bonds. The molecule has 1 aliphatic rings. The van der Waals surface area contributed by atoms with Crippen molar-refractivity contribution in [2.45, 2.75) is 13.8 Å². The van der Waals surface area contributed by atoms with Gasteiger partial charge in [0.1, 0.15) is 6.20 Å². The molecule has 1 atom stereocenters. The Balaban J connectivity index is 2.04. The number of aryl methyl sites for hydroxylation is 2. The summed E-state index contributed by atoms with van der Waals surface area (Å²) >= 11 is 0. The molecule has 102 valence electrons. The van der Waals surface area contributed by atoms with Crippen LogP contribution in [0.5, 0.6) is 0 Å². The summed E-state index contributed by atoms with van der Waals surface area (Å²) in [6.45, 7) is 5.32. The van der Waals surface area contributed by atoms with Gasteiger partial charge in [0.15, 0.2) is 13.2 Å². The highest BCUT2D eigenvalue weighted by atomic mass is 16.2. The van der Waals surface area contributed by atoms with E-state index in [9.17, 15) is 4.79 Å². The molecule has 19 heavy (non-hydrogen) atoms. The molecule has 0 radical (unpaired) electrons. The Morgan fingerprint density at radius 1 is 1.37 bits per heavy atom. The Morgan fingerprint density at radius 3 is 2.53 bits per heavy atom. The minimum Gasteiger partial charge on any atom is -0.329 e. The summed E-state index contributed by atoms with van der Waals surface area (Å²) in [5.41, 5.74) is 3.14. The summed E-state index contributed by atoms with van der Waals surface area (Å²) in [7, 11) is 4.08. The van der Waals surface area contributed by atoms with Gasteiger partial charge in [0.2, 0.25) is 0 Å². The third-order valence-electron chi connectivity index (χ3n) is 3.48. The molecule has 0 aromatic heterocycles. The van der Waals surface area contributed by atoms with Gasteiger partial charge >= 0.3 is 0 Å². The summed E-state index contributed by atoms with van der Waals surface area (Å²) in [4.78, 5) is 14.3. The van der Waals surface area contributed by atoms with Crippen LogP contribution in [0, 0.1) is 13.8 Å². The van der Waals surface area contributed by atoms with Crippen molar-refractivity contribution in [2.75, 3.05) is 32.6 Å². The van der Waals surface area contributed by atoms with Gasteiger partial charge in [0.25, 0.3) is 5.91 Å². The summed E-state index contributed by atoms with van der Waals surface area (Å²) in [6.07, 6.45) is 4.08. The second kappa shape index (κ2) is 5.05. The van der Waals surface area contributed by atoms with Crippen LogP contribution < -0.4 is 5.32 Å². The van der Waals surface area contributed by atoms with Crippen molar-refractivity contribution in [2.24, 2.45) is 0 Å². The predicted octanol–water partition coefficient (Wildman–Crippen LogP) is 2.06. The number of hydrogen-bond donors (Lipinski definition) is 1.